The first kappa shape index (κ1) is 264. The minimum Gasteiger partial charge on any atom is -0.870 e. The van der Waals surface area contributed by atoms with Crippen LogP contribution in [0.5, 0.6) is 0 Å². The van der Waals surface area contributed by atoms with Crippen LogP contribution >= 0.6 is 0 Å². The molecule has 0 atom stereocenters. The van der Waals surface area contributed by atoms with Crippen LogP contribution in [0.3, 0.4) is 0 Å². The Hall–Kier alpha value is 0.970. The fourth-order valence-electron chi connectivity index (χ4n) is 0. The van der Waals surface area contributed by atoms with Gasteiger partial charge in [0.25, 0.3) is 0 Å². The molecule has 0 heterocycles. The van der Waals surface area contributed by atoms with Crippen molar-refractivity contribution in [3.05, 3.63) is 0 Å². The van der Waals surface area contributed by atoms with Gasteiger partial charge in [-0.3, -0.25) is 0 Å². The molecule has 0 unspecified atom stereocenters. The molecule has 6 heteroatoms. The molecule has 6 heavy (non-hydrogen) atoms. The molecule has 0 aromatic carbocycles. The number of hydrogen-bond donors (Lipinski definition) is 0. The van der Waals surface area contributed by atoms with Crippen molar-refractivity contribution >= 4 is 0 Å². The van der Waals surface area contributed by atoms with Crippen LogP contribution in [-0.4, -0.2) is 21.9 Å². The predicted octanol–water partition coefficient (Wildman–Crippen LogP) is -0.712. The molecule has 39 valence electrons. The van der Waals surface area contributed by atoms with Crippen LogP contribution in [0, 0.1) is 0 Å². The molecule has 0 amide bonds. The smallest absolute Gasteiger partial charge is 0.870 e. The van der Waals surface area contributed by atoms with E-state index in [1.807, 2.05) is 0 Å². The second-order valence-electron chi connectivity index (χ2n) is 0. The third kappa shape index (κ3) is 83.3. The first-order valence-electron chi connectivity index (χ1n) is 0. The summed E-state index contributed by atoms with van der Waals surface area (Å²) in [5.74, 6) is 0. The van der Waals surface area contributed by atoms with Crippen LogP contribution in [0.2, 0.25) is 0 Å². The van der Waals surface area contributed by atoms with Gasteiger partial charge < -0.3 is 21.9 Å². The van der Waals surface area contributed by atoms with Crippen LogP contribution in [0.1, 0.15) is 0 Å². The van der Waals surface area contributed by atoms with Crippen molar-refractivity contribution in [2.24, 2.45) is 0 Å². The van der Waals surface area contributed by atoms with Gasteiger partial charge in [0, 0.05) is 0 Å². The molecule has 0 spiro atoms. The summed E-state index contributed by atoms with van der Waals surface area (Å²) >= 11 is 0. The van der Waals surface area contributed by atoms with Gasteiger partial charge in [0.2, 0.25) is 0 Å². The summed E-state index contributed by atoms with van der Waals surface area (Å²) in [6.45, 7) is 0. The van der Waals surface area contributed by atoms with Gasteiger partial charge in [0.1, 0.15) is 0 Å². The Morgan fingerprint density at radius 1 is 0.500 bits per heavy atom. The molecule has 4 nitrogen and oxygen atoms in total. The van der Waals surface area contributed by atoms with E-state index in [4.69, 9.17) is 0 Å². The molecular formula is H4CoO4Zn. The molecule has 0 aliphatic heterocycles. The fraction of sp³-hybridized carbons (Fsp3) is 0. The second-order valence-corrected chi connectivity index (χ2v) is 0. The van der Waals surface area contributed by atoms with Gasteiger partial charge in [0.05, 0.1) is 0 Å². The van der Waals surface area contributed by atoms with E-state index >= 15 is 0 Å². The molecular weight excluding hydrogens is 188 g/mol. The third-order valence-corrected chi connectivity index (χ3v) is 0. The maximum absolute atomic E-state index is 0. The zero-order valence-corrected chi connectivity index (χ0v) is 6.84. The first-order chi connectivity index (χ1) is 0. The van der Waals surface area contributed by atoms with E-state index < -0.39 is 0 Å². The maximum Gasteiger partial charge on any atom is 2.00 e. The molecule has 0 saturated heterocycles. The van der Waals surface area contributed by atoms with Crippen LogP contribution in [0.4, 0.5) is 0 Å². The van der Waals surface area contributed by atoms with Crippen LogP contribution < -0.4 is 0 Å². The second kappa shape index (κ2) is 157. The van der Waals surface area contributed by atoms with Crippen molar-refractivity contribution in [1.29, 1.82) is 0 Å². The van der Waals surface area contributed by atoms with Crippen molar-refractivity contribution in [2.75, 3.05) is 0 Å². The molecule has 1 radical (unpaired) electrons. The Kier molecular flexibility index (Phi) is 6900. The molecule has 0 saturated carbocycles. The predicted molar refractivity (Wildman–Crippen MR) is 7.74 cm³/mol. The van der Waals surface area contributed by atoms with E-state index in [-0.39, 0.29) is 58.2 Å². The summed E-state index contributed by atoms with van der Waals surface area (Å²) in [5.41, 5.74) is 0. The summed E-state index contributed by atoms with van der Waals surface area (Å²) in [4.78, 5) is 0. The van der Waals surface area contributed by atoms with Gasteiger partial charge in [-0.2, -0.15) is 0 Å². The quantitative estimate of drug-likeness (QED) is 0.470. The van der Waals surface area contributed by atoms with Crippen molar-refractivity contribution in [1.82, 2.24) is 0 Å². The summed E-state index contributed by atoms with van der Waals surface area (Å²) in [7, 11) is 0. The maximum atomic E-state index is 0. The molecule has 4 N–H and O–H groups in total. The Morgan fingerprint density at radius 2 is 0.500 bits per heavy atom. The molecule has 0 aromatic heterocycles. The Labute approximate surface area is 58.5 Å². The average molecular weight is 192 g/mol. The van der Waals surface area contributed by atoms with Gasteiger partial charge in [-0.05, 0) is 0 Å². The zero-order valence-electron chi connectivity index (χ0n) is 2.83. The monoisotopic (exact) mass is 191 g/mol. The van der Waals surface area contributed by atoms with Crippen LogP contribution in [0.15, 0.2) is 0 Å². The first-order valence-corrected chi connectivity index (χ1v) is 0. The zero-order chi connectivity index (χ0) is 0. The van der Waals surface area contributed by atoms with E-state index in [0.717, 1.165) is 0 Å². The van der Waals surface area contributed by atoms with Crippen molar-refractivity contribution in [3.8, 4) is 0 Å². The summed E-state index contributed by atoms with van der Waals surface area (Å²) < 4.78 is 0. The van der Waals surface area contributed by atoms with E-state index in [9.17, 15) is 0 Å². The third-order valence-electron chi connectivity index (χ3n) is 0. The average Bonchev–Trinajstić information content (AvgIpc) is 0. The van der Waals surface area contributed by atoms with E-state index in [1.54, 1.807) is 0 Å². The van der Waals surface area contributed by atoms with E-state index in [0.29, 0.717) is 0 Å². The van der Waals surface area contributed by atoms with Gasteiger partial charge in [-0.25, -0.2) is 0 Å². The summed E-state index contributed by atoms with van der Waals surface area (Å²) in [6, 6.07) is 0. The number of rotatable bonds is 0. The molecule has 0 aromatic rings. The number of hydrogen-bond acceptors (Lipinski definition) is 4. The SMILES string of the molecule is [Co+2].[OH-].[OH-].[OH-].[OH-].[Zn+2]. The molecule has 0 rings (SSSR count). The standard InChI is InChI=1S/Co.4H2O.Zn/h;4*1H2;/q+2;;;;;+2/p-4. The molecule has 0 aliphatic rings. The molecule has 0 fully saturated rings. The van der Waals surface area contributed by atoms with Gasteiger partial charge in [0.15, 0.2) is 0 Å². The summed E-state index contributed by atoms with van der Waals surface area (Å²) in [6.07, 6.45) is 0. The largest absolute Gasteiger partial charge is 2.00 e. The van der Waals surface area contributed by atoms with Crippen molar-refractivity contribution in [3.63, 3.8) is 0 Å². The minimum absolute atomic E-state index is 0. The van der Waals surface area contributed by atoms with E-state index in [1.165, 1.54) is 0 Å². The van der Waals surface area contributed by atoms with Gasteiger partial charge >= 0.3 is 36.3 Å². The van der Waals surface area contributed by atoms with Crippen molar-refractivity contribution in [2.45, 2.75) is 0 Å². The van der Waals surface area contributed by atoms with Crippen LogP contribution in [0.25, 0.3) is 0 Å². The van der Waals surface area contributed by atoms with Gasteiger partial charge in [-0.15, -0.1) is 0 Å². The fourth-order valence-corrected chi connectivity index (χ4v) is 0. The minimum atomic E-state index is 0. The van der Waals surface area contributed by atoms with Gasteiger partial charge in [-0.1, -0.05) is 0 Å². The topological polar surface area (TPSA) is 120 Å². The van der Waals surface area contributed by atoms with E-state index in [2.05, 4.69) is 0 Å². The Bertz CT molecular complexity index is 7.51. The molecule has 0 bridgehead atoms. The Morgan fingerprint density at radius 3 is 0.500 bits per heavy atom. The van der Waals surface area contributed by atoms with Crippen LogP contribution in [-0.2, 0) is 36.3 Å². The van der Waals surface area contributed by atoms with Crippen molar-refractivity contribution < 1.29 is 58.2 Å². The Balaban J connectivity index is 0. The normalized spacial score (nSPS) is 0. The summed E-state index contributed by atoms with van der Waals surface area (Å²) in [5, 5.41) is 0. The molecule has 0 aliphatic carbocycles.